The third-order valence-corrected chi connectivity index (χ3v) is 6.19. The molecule has 0 saturated carbocycles. The van der Waals surface area contributed by atoms with E-state index in [0.29, 0.717) is 25.8 Å². The molecule has 0 bridgehead atoms. The maximum atomic E-state index is 10.5. The second-order valence-electron chi connectivity index (χ2n) is 8.67. The topological polar surface area (TPSA) is 45.2 Å². The zero-order valence-electron chi connectivity index (χ0n) is 18.2. The van der Waals surface area contributed by atoms with Crippen LogP contribution < -0.4 is 4.74 Å². The second kappa shape index (κ2) is 9.92. The Hall–Kier alpha value is -1.92. The van der Waals surface area contributed by atoms with Crippen molar-refractivity contribution < 1.29 is 14.6 Å². The summed E-state index contributed by atoms with van der Waals surface area (Å²) in [5, 5.41) is 12.8. The van der Waals surface area contributed by atoms with Gasteiger partial charge >= 0.3 is 0 Å². The Balaban J connectivity index is 1.33. The van der Waals surface area contributed by atoms with Gasteiger partial charge in [-0.05, 0) is 60.4 Å². The number of fused-ring (bicyclic) bond motifs is 1. The van der Waals surface area contributed by atoms with E-state index in [0.717, 1.165) is 50.3 Å². The van der Waals surface area contributed by atoms with Gasteiger partial charge in [0.1, 0.15) is 18.5 Å². The number of ether oxygens (including phenoxy) is 2. The average molecular weight is 411 g/mol. The molecule has 0 aliphatic carbocycles. The number of nitrogens with zero attached hydrogens (tertiary/aromatic N) is 2. The number of rotatable bonds is 7. The van der Waals surface area contributed by atoms with Crippen molar-refractivity contribution in [2.45, 2.75) is 32.4 Å². The number of benzene rings is 2. The molecular weight excluding hydrogens is 376 g/mol. The molecular formula is C25H34N2O3. The van der Waals surface area contributed by atoms with Crippen LogP contribution in [0.4, 0.5) is 0 Å². The predicted octanol–water partition coefficient (Wildman–Crippen LogP) is 3.41. The number of hydrogen-bond donors (Lipinski definition) is 1. The summed E-state index contributed by atoms with van der Waals surface area (Å²) in [7, 11) is 0. The molecule has 30 heavy (non-hydrogen) atoms. The summed E-state index contributed by atoms with van der Waals surface area (Å²) in [6.45, 7) is 11.1. The first-order valence-electron chi connectivity index (χ1n) is 11.2. The number of aliphatic hydroxyl groups excluding tert-OH is 1. The summed E-state index contributed by atoms with van der Waals surface area (Å²) in [5.41, 5.74) is 2.60. The Bertz CT molecular complexity index is 872. The van der Waals surface area contributed by atoms with Crippen LogP contribution in [-0.2, 0) is 4.74 Å². The van der Waals surface area contributed by atoms with Gasteiger partial charge in [-0.25, -0.2) is 0 Å². The maximum Gasteiger partial charge on any atom is 0.120 e. The largest absolute Gasteiger partial charge is 0.491 e. The van der Waals surface area contributed by atoms with Gasteiger partial charge in [0, 0.05) is 38.8 Å². The summed E-state index contributed by atoms with van der Waals surface area (Å²) in [6.07, 6.45) is 2.65. The molecule has 2 aromatic carbocycles. The van der Waals surface area contributed by atoms with Crippen molar-refractivity contribution in [3.05, 3.63) is 48.0 Å². The molecule has 2 aromatic rings. The fraction of sp³-hybridized carbons (Fsp3) is 0.520. The highest BCUT2D eigenvalue weighted by Gasteiger charge is 2.20. The Kier molecular flexibility index (Phi) is 7.05. The number of aliphatic hydroxyl groups is 1. The van der Waals surface area contributed by atoms with Gasteiger partial charge in [-0.3, -0.25) is 9.80 Å². The second-order valence-corrected chi connectivity index (χ2v) is 8.67. The third kappa shape index (κ3) is 5.41. The quantitative estimate of drug-likeness (QED) is 0.758. The normalized spacial score (nSPS) is 19.8. The zero-order chi connectivity index (χ0) is 20.9. The molecule has 1 atom stereocenters. The Labute approximate surface area is 179 Å². The predicted molar refractivity (Wildman–Crippen MR) is 122 cm³/mol. The van der Waals surface area contributed by atoms with Crippen LogP contribution in [0.5, 0.6) is 5.75 Å². The monoisotopic (exact) mass is 410 g/mol. The standard InChI is InChI=1S/C25H34N2O3/c1-19(2)27-11-9-26(10-12-27)17-24(28)18-30-25-6-5-20-3-4-22(15-23(20)16-25)21-7-13-29-14-8-21/h3-7,15-16,19,24,28H,8-14,17-18H2,1-2H3. The smallest absolute Gasteiger partial charge is 0.120 e. The first-order valence-corrected chi connectivity index (χ1v) is 11.2. The van der Waals surface area contributed by atoms with E-state index in [-0.39, 0.29) is 0 Å². The van der Waals surface area contributed by atoms with Crippen LogP contribution in [0.1, 0.15) is 25.8 Å². The van der Waals surface area contributed by atoms with Gasteiger partial charge in [0.2, 0.25) is 0 Å². The summed E-state index contributed by atoms with van der Waals surface area (Å²) < 4.78 is 11.4. The van der Waals surface area contributed by atoms with Crippen LogP contribution in [0.2, 0.25) is 0 Å². The van der Waals surface area contributed by atoms with Gasteiger partial charge in [0.05, 0.1) is 13.2 Å². The highest BCUT2D eigenvalue weighted by atomic mass is 16.5. The molecule has 0 radical (unpaired) electrons. The van der Waals surface area contributed by atoms with Crippen LogP contribution in [0.25, 0.3) is 16.3 Å². The van der Waals surface area contributed by atoms with Crippen molar-refractivity contribution in [2.24, 2.45) is 0 Å². The molecule has 4 rings (SSSR count). The van der Waals surface area contributed by atoms with Crippen LogP contribution >= 0.6 is 0 Å². The van der Waals surface area contributed by atoms with Crippen LogP contribution in [0.15, 0.2) is 42.5 Å². The highest BCUT2D eigenvalue weighted by Crippen LogP contribution is 2.27. The van der Waals surface area contributed by atoms with E-state index in [4.69, 9.17) is 9.47 Å². The van der Waals surface area contributed by atoms with Crippen molar-refractivity contribution in [1.82, 2.24) is 9.80 Å². The molecule has 5 heteroatoms. The lowest BCUT2D eigenvalue weighted by molar-refractivity contribution is 0.0400. The molecule has 5 nitrogen and oxygen atoms in total. The maximum absolute atomic E-state index is 10.5. The minimum Gasteiger partial charge on any atom is -0.491 e. The number of β-amino-alcohol motifs (C(OH)–C–C–N with tert-alkyl or cyclic N) is 1. The van der Waals surface area contributed by atoms with Crippen LogP contribution in [0.3, 0.4) is 0 Å². The molecule has 0 spiro atoms. The number of piperazine rings is 1. The third-order valence-electron chi connectivity index (χ3n) is 6.19. The van der Waals surface area contributed by atoms with E-state index in [9.17, 15) is 5.11 Å². The molecule has 2 aliphatic rings. The highest BCUT2D eigenvalue weighted by molar-refractivity contribution is 5.87. The van der Waals surface area contributed by atoms with E-state index < -0.39 is 6.10 Å². The first-order chi connectivity index (χ1) is 14.6. The summed E-state index contributed by atoms with van der Waals surface area (Å²) in [4.78, 5) is 4.82. The first kappa shape index (κ1) is 21.3. The fourth-order valence-corrected chi connectivity index (χ4v) is 4.31. The van der Waals surface area contributed by atoms with Gasteiger partial charge in [-0.15, -0.1) is 0 Å². The molecule has 0 aromatic heterocycles. The van der Waals surface area contributed by atoms with Crippen molar-refractivity contribution >= 4 is 16.3 Å². The fourth-order valence-electron chi connectivity index (χ4n) is 4.31. The molecule has 1 fully saturated rings. The molecule has 1 N–H and O–H groups in total. The lowest BCUT2D eigenvalue weighted by atomic mass is 9.98. The number of hydrogen-bond acceptors (Lipinski definition) is 5. The van der Waals surface area contributed by atoms with Crippen molar-refractivity contribution in [2.75, 3.05) is 52.5 Å². The molecule has 0 amide bonds. The Morgan fingerprint density at radius 1 is 1.03 bits per heavy atom. The molecule has 1 unspecified atom stereocenters. The summed E-state index contributed by atoms with van der Waals surface area (Å²) >= 11 is 0. The van der Waals surface area contributed by atoms with Gasteiger partial charge in [-0.1, -0.05) is 24.3 Å². The minimum absolute atomic E-state index is 0.318. The van der Waals surface area contributed by atoms with Crippen molar-refractivity contribution in [3.8, 4) is 5.75 Å². The molecule has 1 saturated heterocycles. The van der Waals surface area contributed by atoms with E-state index in [1.54, 1.807) is 0 Å². The minimum atomic E-state index is -0.481. The summed E-state index contributed by atoms with van der Waals surface area (Å²) in [5.74, 6) is 0.810. The van der Waals surface area contributed by atoms with E-state index in [1.165, 1.54) is 16.5 Å². The molecule has 162 valence electrons. The molecule has 2 heterocycles. The lowest BCUT2D eigenvalue weighted by Gasteiger charge is -2.37. The van der Waals surface area contributed by atoms with E-state index in [1.807, 2.05) is 6.07 Å². The van der Waals surface area contributed by atoms with Crippen LogP contribution in [-0.4, -0.2) is 79.6 Å². The lowest BCUT2D eigenvalue weighted by Crippen LogP contribution is -2.51. The van der Waals surface area contributed by atoms with Crippen molar-refractivity contribution in [3.63, 3.8) is 0 Å². The van der Waals surface area contributed by atoms with E-state index in [2.05, 4.69) is 60.1 Å². The Morgan fingerprint density at radius 3 is 2.57 bits per heavy atom. The van der Waals surface area contributed by atoms with Gasteiger partial charge in [0.15, 0.2) is 0 Å². The van der Waals surface area contributed by atoms with Gasteiger partial charge in [-0.2, -0.15) is 0 Å². The van der Waals surface area contributed by atoms with Gasteiger partial charge < -0.3 is 14.6 Å². The van der Waals surface area contributed by atoms with Crippen molar-refractivity contribution in [1.29, 1.82) is 0 Å². The SMILES string of the molecule is CC(C)N1CCN(CC(O)COc2ccc3ccc(C4=CCOCC4)cc3c2)CC1. The summed E-state index contributed by atoms with van der Waals surface area (Å²) in [6, 6.07) is 13.3. The van der Waals surface area contributed by atoms with E-state index >= 15 is 0 Å². The average Bonchev–Trinajstić information content (AvgIpc) is 2.78. The Morgan fingerprint density at radius 2 is 1.83 bits per heavy atom. The van der Waals surface area contributed by atoms with Crippen LogP contribution in [0, 0.1) is 0 Å². The van der Waals surface area contributed by atoms with Gasteiger partial charge in [0.25, 0.3) is 0 Å². The molecule has 2 aliphatic heterocycles. The zero-order valence-corrected chi connectivity index (χ0v) is 18.2.